The molecule has 1 saturated carbocycles. The maximum Gasteiger partial charge on any atom is 0.314 e. The van der Waals surface area contributed by atoms with Gasteiger partial charge in [-0.2, -0.15) is 10.1 Å². The number of fused-ring (bicyclic) bond motifs is 3. The van der Waals surface area contributed by atoms with Crippen LogP contribution < -0.4 is 14.9 Å². The second-order valence-corrected chi connectivity index (χ2v) is 8.31. The van der Waals surface area contributed by atoms with Crippen LogP contribution in [0.1, 0.15) is 38.2 Å². The van der Waals surface area contributed by atoms with Crippen LogP contribution in [0.15, 0.2) is 47.6 Å². The summed E-state index contributed by atoms with van der Waals surface area (Å²) in [4.78, 5) is 16.6. The number of carbonyl (C=O) groups is 1. The molecule has 2 heterocycles. The molecule has 0 saturated heterocycles. The SMILES string of the molecule is CCCCn1c2ccccc2c2nnc(N/N=C/c3ccc(OC(=O)C4CC4)c(OC)c3)nc21. The molecule has 2 aromatic heterocycles. The number of benzene rings is 2. The number of rotatable bonds is 9. The molecule has 9 heteroatoms. The minimum absolute atomic E-state index is 0.0155. The number of aryl methyl sites for hydroxylation is 1. The Morgan fingerprint density at radius 3 is 2.85 bits per heavy atom. The predicted octanol–water partition coefficient (Wildman–Crippen LogP) is 4.55. The molecule has 0 atom stereocenters. The molecule has 0 spiro atoms. The standard InChI is InChI=1S/C25H26N6O3/c1-3-4-13-31-19-8-6-5-7-18(19)22-23(31)27-25(30-28-22)29-26-15-16-9-12-20(21(14-16)33-2)34-24(32)17-10-11-17/h5-9,12,14-15,17H,3-4,10-11,13H2,1-2H3,(H,27,29,30)/b26-15+. The van der Waals surface area contributed by atoms with Crippen molar-refractivity contribution in [3.63, 3.8) is 0 Å². The van der Waals surface area contributed by atoms with Crippen molar-refractivity contribution < 1.29 is 14.3 Å². The van der Waals surface area contributed by atoms with E-state index in [1.807, 2.05) is 18.2 Å². The van der Waals surface area contributed by atoms with Crippen molar-refractivity contribution in [2.45, 2.75) is 39.2 Å². The molecule has 0 bridgehead atoms. The van der Waals surface area contributed by atoms with Crippen LogP contribution in [0.4, 0.5) is 5.95 Å². The second-order valence-electron chi connectivity index (χ2n) is 8.31. The van der Waals surface area contributed by atoms with Crippen LogP contribution in [0.3, 0.4) is 0 Å². The number of carbonyl (C=O) groups excluding carboxylic acids is 1. The lowest BCUT2D eigenvalue weighted by Gasteiger charge is -2.09. The van der Waals surface area contributed by atoms with Crippen LogP contribution in [0.2, 0.25) is 0 Å². The van der Waals surface area contributed by atoms with E-state index in [-0.39, 0.29) is 11.9 Å². The zero-order valence-corrected chi connectivity index (χ0v) is 19.2. The summed E-state index contributed by atoms with van der Waals surface area (Å²) in [6.45, 7) is 3.03. The van der Waals surface area contributed by atoms with Crippen LogP contribution in [0.5, 0.6) is 11.5 Å². The smallest absolute Gasteiger partial charge is 0.314 e. The van der Waals surface area contributed by atoms with Gasteiger partial charge in [0, 0.05) is 11.9 Å². The second kappa shape index (κ2) is 9.46. The maximum atomic E-state index is 12.0. The fourth-order valence-electron chi connectivity index (χ4n) is 3.82. The summed E-state index contributed by atoms with van der Waals surface area (Å²) in [7, 11) is 1.54. The summed E-state index contributed by atoms with van der Waals surface area (Å²) in [5.74, 6) is 0.992. The zero-order valence-electron chi connectivity index (χ0n) is 19.2. The van der Waals surface area contributed by atoms with Gasteiger partial charge in [-0.25, -0.2) is 5.43 Å². The van der Waals surface area contributed by atoms with Crippen molar-refractivity contribution >= 4 is 40.2 Å². The van der Waals surface area contributed by atoms with Crippen LogP contribution in [0, 0.1) is 5.92 Å². The van der Waals surface area contributed by atoms with Crippen molar-refractivity contribution in [3.8, 4) is 11.5 Å². The zero-order chi connectivity index (χ0) is 23.5. The van der Waals surface area contributed by atoms with Crippen LogP contribution in [-0.2, 0) is 11.3 Å². The lowest BCUT2D eigenvalue weighted by atomic mass is 10.2. The van der Waals surface area contributed by atoms with E-state index >= 15 is 0 Å². The molecule has 9 nitrogen and oxygen atoms in total. The van der Waals surface area contributed by atoms with E-state index in [1.165, 1.54) is 7.11 Å². The van der Waals surface area contributed by atoms with Crippen LogP contribution in [0.25, 0.3) is 22.1 Å². The Balaban J connectivity index is 1.35. The average molecular weight is 459 g/mol. The highest BCUT2D eigenvalue weighted by Crippen LogP contribution is 2.34. The number of esters is 1. The number of hydrazone groups is 1. The Morgan fingerprint density at radius 2 is 2.06 bits per heavy atom. The molecule has 174 valence electrons. The van der Waals surface area contributed by atoms with Gasteiger partial charge in [-0.3, -0.25) is 4.79 Å². The van der Waals surface area contributed by atoms with Gasteiger partial charge in [0.1, 0.15) is 5.52 Å². The molecule has 0 radical (unpaired) electrons. The van der Waals surface area contributed by atoms with Crippen molar-refractivity contribution in [1.29, 1.82) is 0 Å². The summed E-state index contributed by atoms with van der Waals surface area (Å²) < 4.78 is 13.0. The summed E-state index contributed by atoms with van der Waals surface area (Å²) in [5, 5.41) is 13.9. The first kappa shape index (κ1) is 21.8. The third kappa shape index (κ3) is 4.41. The number of aromatic nitrogens is 4. The molecule has 4 aromatic rings. The van der Waals surface area contributed by atoms with Gasteiger partial charge in [0.15, 0.2) is 17.1 Å². The first-order valence-electron chi connectivity index (χ1n) is 11.5. The van der Waals surface area contributed by atoms with Gasteiger partial charge < -0.3 is 14.0 Å². The topological polar surface area (TPSA) is 104 Å². The number of nitrogens with one attached hydrogen (secondary N) is 1. The highest BCUT2D eigenvalue weighted by Gasteiger charge is 2.32. The highest BCUT2D eigenvalue weighted by atomic mass is 16.6. The molecule has 2 aromatic carbocycles. The summed E-state index contributed by atoms with van der Waals surface area (Å²) in [5.41, 5.74) is 6.29. The van der Waals surface area contributed by atoms with Crippen LogP contribution in [-0.4, -0.2) is 39.0 Å². The van der Waals surface area contributed by atoms with Crippen LogP contribution >= 0.6 is 0 Å². The normalized spacial score (nSPS) is 13.6. The Morgan fingerprint density at radius 1 is 1.21 bits per heavy atom. The number of anilines is 1. The summed E-state index contributed by atoms with van der Waals surface area (Å²) in [6.07, 6.45) is 5.53. The number of para-hydroxylation sites is 1. The van der Waals surface area contributed by atoms with Gasteiger partial charge in [0.25, 0.3) is 5.95 Å². The number of ether oxygens (including phenoxy) is 2. The number of methoxy groups -OCH3 is 1. The minimum Gasteiger partial charge on any atom is -0.493 e. The van der Waals surface area contributed by atoms with E-state index in [0.29, 0.717) is 17.4 Å². The molecule has 1 aliphatic carbocycles. The molecule has 1 aliphatic rings. The number of nitrogens with zero attached hydrogens (tertiary/aromatic N) is 5. The van der Waals surface area contributed by atoms with Crippen molar-refractivity contribution in [1.82, 2.24) is 19.7 Å². The van der Waals surface area contributed by atoms with Gasteiger partial charge in [-0.05, 0) is 49.1 Å². The van der Waals surface area contributed by atoms with Gasteiger partial charge in [0.2, 0.25) is 0 Å². The van der Waals surface area contributed by atoms with Crippen molar-refractivity contribution in [2.75, 3.05) is 12.5 Å². The molecule has 1 N–H and O–H groups in total. The Bertz CT molecular complexity index is 1380. The Labute approximate surface area is 196 Å². The maximum absolute atomic E-state index is 12.0. The lowest BCUT2D eigenvalue weighted by Crippen LogP contribution is -2.10. The van der Waals surface area contributed by atoms with E-state index in [4.69, 9.17) is 9.47 Å². The van der Waals surface area contributed by atoms with E-state index in [9.17, 15) is 4.79 Å². The average Bonchev–Trinajstić information content (AvgIpc) is 3.67. The summed E-state index contributed by atoms with van der Waals surface area (Å²) in [6, 6.07) is 13.4. The fourth-order valence-corrected chi connectivity index (χ4v) is 3.82. The van der Waals surface area contributed by atoms with E-state index in [2.05, 4.69) is 43.3 Å². The van der Waals surface area contributed by atoms with E-state index in [0.717, 1.165) is 59.9 Å². The van der Waals surface area contributed by atoms with Gasteiger partial charge >= 0.3 is 5.97 Å². The molecule has 0 aliphatic heterocycles. The number of hydrogen-bond acceptors (Lipinski definition) is 8. The number of unbranched alkanes of at least 4 members (excludes halogenated alkanes) is 1. The largest absolute Gasteiger partial charge is 0.493 e. The summed E-state index contributed by atoms with van der Waals surface area (Å²) >= 11 is 0. The third-order valence-electron chi connectivity index (χ3n) is 5.80. The molecule has 0 unspecified atom stereocenters. The van der Waals surface area contributed by atoms with Gasteiger partial charge in [-0.15, -0.1) is 10.2 Å². The van der Waals surface area contributed by atoms with E-state index in [1.54, 1.807) is 24.4 Å². The molecule has 34 heavy (non-hydrogen) atoms. The van der Waals surface area contributed by atoms with Gasteiger partial charge in [0.05, 0.1) is 24.8 Å². The third-order valence-corrected chi connectivity index (χ3v) is 5.80. The molecule has 1 fully saturated rings. The molecular weight excluding hydrogens is 432 g/mol. The monoisotopic (exact) mass is 458 g/mol. The van der Waals surface area contributed by atoms with Crippen molar-refractivity contribution in [3.05, 3.63) is 48.0 Å². The Kier molecular flexibility index (Phi) is 6.07. The fraction of sp³-hybridized carbons (Fsp3) is 0.320. The predicted molar refractivity (Wildman–Crippen MR) is 130 cm³/mol. The highest BCUT2D eigenvalue weighted by molar-refractivity contribution is 6.04. The number of hydrogen-bond donors (Lipinski definition) is 1. The minimum atomic E-state index is -0.210. The quantitative estimate of drug-likeness (QED) is 0.170. The van der Waals surface area contributed by atoms with Gasteiger partial charge in [-0.1, -0.05) is 31.5 Å². The molecule has 5 rings (SSSR count). The lowest BCUT2D eigenvalue weighted by molar-refractivity contribution is -0.135. The first-order chi connectivity index (χ1) is 16.7. The van der Waals surface area contributed by atoms with Crippen molar-refractivity contribution in [2.24, 2.45) is 11.0 Å². The van der Waals surface area contributed by atoms with E-state index < -0.39 is 0 Å². The Hall–Kier alpha value is -4.01. The molecule has 0 amide bonds. The first-order valence-corrected chi connectivity index (χ1v) is 11.5. The molecular formula is C25H26N6O3.